The zero-order valence-corrected chi connectivity index (χ0v) is 9.35. The van der Waals surface area contributed by atoms with Crippen LogP contribution in [0.4, 0.5) is 0 Å². The third-order valence-electron chi connectivity index (χ3n) is 2.67. The summed E-state index contributed by atoms with van der Waals surface area (Å²) in [4.78, 5) is 24.0. The van der Waals surface area contributed by atoms with Gasteiger partial charge in [-0.3, -0.25) is 14.5 Å². The molecule has 1 amide bonds. The molecule has 92 valence electrons. The molecule has 6 nitrogen and oxygen atoms in total. The largest absolute Gasteiger partial charge is 0.481 e. The molecule has 0 aromatic carbocycles. The Balaban J connectivity index is 2.62. The summed E-state index contributed by atoms with van der Waals surface area (Å²) >= 11 is 0. The molecule has 1 heterocycles. The molecule has 2 unspecified atom stereocenters. The first-order valence-corrected chi connectivity index (χ1v) is 5.39. The summed E-state index contributed by atoms with van der Waals surface area (Å²) < 4.78 is 0. The van der Waals surface area contributed by atoms with Gasteiger partial charge in [0.1, 0.15) is 0 Å². The fourth-order valence-corrected chi connectivity index (χ4v) is 1.83. The number of piperazine rings is 1. The number of aliphatic hydroxyl groups excluding tert-OH is 1. The van der Waals surface area contributed by atoms with E-state index in [0.29, 0.717) is 19.6 Å². The Labute approximate surface area is 94.2 Å². The fraction of sp³-hybridized carbons (Fsp3) is 0.800. The van der Waals surface area contributed by atoms with Crippen molar-refractivity contribution in [3.05, 3.63) is 0 Å². The van der Waals surface area contributed by atoms with Gasteiger partial charge in [-0.15, -0.1) is 0 Å². The van der Waals surface area contributed by atoms with Crippen molar-refractivity contribution >= 4 is 11.9 Å². The Kier molecular flexibility index (Phi) is 4.70. The van der Waals surface area contributed by atoms with E-state index in [1.54, 1.807) is 0 Å². The lowest BCUT2D eigenvalue weighted by atomic mass is 10.1. The highest BCUT2D eigenvalue weighted by Gasteiger charge is 2.31. The average Bonchev–Trinajstić information content (AvgIpc) is 2.22. The number of carbonyl (C=O) groups is 2. The molecule has 0 aromatic heterocycles. The lowest BCUT2D eigenvalue weighted by molar-refractivity contribution is -0.143. The van der Waals surface area contributed by atoms with Crippen molar-refractivity contribution in [2.75, 3.05) is 26.2 Å². The van der Waals surface area contributed by atoms with Crippen LogP contribution in [0.2, 0.25) is 0 Å². The molecule has 6 heteroatoms. The van der Waals surface area contributed by atoms with E-state index in [1.165, 1.54) is 0 Å². The average molecular weight is 230 g/mol. The Morgan fingerprint density at radius 3 is 2.94 bits per heavy atom. The molecule has 0 spiro atoms. The van der Waals surface area contributed by atoms with E-state index in [1.807, 2.05) is 11.8 Å². The third-order valence-corrected chi connectivity index (χ3v) is 2.67. The van der Waals surface area contributed by atoms with Crippen LogP contribution in [0.15, 0.2) is 0 Å². The van der Waals surface area contributed by atoms with E-state index in [4.69, 9.17) is 10.2 Å². The molecular formula is C10H18N2O4. The van der Waals surface area contributed by atoms with Gasteiger partial charge >= 0.3 is 5.97 Å². The number of aliphatic hydroxyl groups is 1. The first-order valence-electron chi connectivity index (χ1n) is 5.39. The summed E-state index contributed by atoms with van der Waals surface area (Å²) in [5.74, 6) is -1.18. The number of nitrogens with one attached hydrogen (secondary N) is 1. The summed E-state index contributed by atoms with van der Waals surface area (Å²) in [6, 6.07) is -0.611. The lowest BCUT2D eigenvalue weighted by Crippen LogP contribution is -2.56. The topological polar surface area (TPSA) is 89.9 Å². The maximum atomic E-state index is 11.5. The quantitative estimate of drug-likeness (QED) is 0.557. The summed E-state index contributed by atoms with van der Waals surface area (Å²) in [6.07, 6.45) is -0.190. The maximum absolute atomic E-state index is 11.5. The van der Waals surface area contributed by atoms with Crippen molar-refractivity contribution in [1.29, 1.82) is 0 Å². The number of aliphatic carboxylic acids is 1. The summed E-state index contributed by atoms with van der Waals surface area (Å²) in [5.41, 5.74) is 0. The lowest BCUT2D eigenvalue weighted by Gasteiger charge is -2.35. The minimum absolute atomic E-state index is 0.0396. The first kappa shape index (κ1) is 12.9. The molecule has 0 aromatic rings. The number of hydrogen-bond donors (Lipinski definition) is 3. The van der Waals surface area contributed by atoms with Crippen LogP contribution in [-0.4, -0.2) is 59.3 Å². The highest BCUT2D eigenvalue weighted by Crippen LogP contribution is 2.11. The molecular weight excluding hydrogens is 212 g/mol. The number of amides is 1. The van der Waals surface area contributed by atoms with Gasteiger partial charge in [0.2, 0.25) is 5.91 Å². The Bertz CT molecular complexity index is 270. The second kappa shape index (κ2) is 5.81. The molecule has 1 aliphatic heterocycles. The van der Waals surface area contributed by atoms with Gasteiger partial charge in [0, 0.05) is 26.2 Å². The predicted octanol–water partition coefficient (Wildman–Crippen LogP) is -1.11. The molecule has 0 saturated carbocycles. The second-order valence-electron chi connectivity index (χ2n) is 4.19. The van der Waals surface area contributed by atoms with Crippen LogP contribution in [0.5, 0.6) is 0 Å². The zero-order chi connectivity index (χ0) is 12.1. The van der Waals surface area contributed by atoms with Crippen LogP contribution >= 0.6 is 0 Å². The number of hydrogen-bond acceptors (Lipinski definition) is 4. The number of rotatable bonds is 5. The monoisotopic (exact) mass is 230 g/mol. The van der Waals surface area contributed by atoms with E-state index in [-0.39, 0.29) is 24.9 Å². The van der Waals surface area contributed by atoms with Gasteiger partial charge < -0.3 is 15.5 Å². The summed E-state index contributed by atoms with van der Waals surface area (Å²) in [5, 5.41) is 20.3. The number of carboxylic acid groups (broad SMARTS) is 1. The van der Waals surface area contributed by atoms with Crippen LogP contribution in [0, 0.1) is 5.92 Å². The van der Waals surface area contributed by atoms with Gasteiger partial charge in [-0.2, -0.15) is 0 Å². The van der Waals surface area contributed by atoms with Gasteiger partial charge in [-0.25, -0.2) is 0 Å². The smallest absolute Gasteiger partial charge is 0.305 e. The predicted molar refractivity (Wildman–Crippen MR) is 56.9 cm³/mol. The van der Waals surface area contributed by atoms with Crippen molar-refractivity contribution in [2.45, 2.75) is 19.4 Å². The van der Waals surface area contributed by atoms with Crippen LogP contribution in [0.3, 0.4) is 0 Å². The van der Waals surface area contributed by atoms with E-state index >= 15 is 0 Å². The molecule has 0 bridgehead atoms. The molecule has 1 aliphatic rings. The number of nitrogens with zero attached hydrogens (tertiary/aromatic N) is 1. The van der Waals surface area contributed by atoms with E-state index in [2.05, 4.69) is 5.32 Å². The molecule has 1 rings (SSSR count). The fourth-order valence-electron chi connectivity index (χ4n) is 1.83. The Morgan fingerprint density at radius 1 is 1.69 bits per heavy atom. The molecule has 3 N–H and O–H groups in total. The maximum Gasteiger partial charge on any atom is 0.305 e. The molecule has 0 aliphatic carbocycles. The molecule has 0 radical (unpaired) electrons. The minimum atomic E-state index is -0.983. The first-order chi connectivity index (χ1) is 7.54. The van der Waals surface area contributed by atoms with Crippen LogP contribution in [0.1, 0.15) is 13.3 Å². The van der Waals surface area contributed by atoms with Crippen LogP contribution < -0.4 is 5.32 Å². The van der Waals surface area contributed by atoms with Gasteiger partial charge in [0.05, 0.1) is 12.5 Å². The zero-order valence-electron chi connectivity index (χ0n) is 9.35. The Hall–Kier alpha value is -1.14. The molecule has 2 atom stereocenters. The SMILES string of the molecule is CC(CO)CN1CCNC(=O)C1CC(=O)O. The van der Waals surface area contributed by atoms with Crippen LogP contribution in [-0.2, 0) is 9.59 Å². The molecule has 1 saturated heterocycles. The normalized spacial score (nSPS) is 23.9. The number of carbonyl (C=O) groups excluding carboxylic acids is 1. The van der Waals surface area contributed by atoms with Crippen molar-refractivity contribution < 1.29 is 19.8 Å². The van der Waals surface area contributed by atoms with Crippen molar-refractivity contribution in [2.24, 2.45) is 5.92 Å². The summed E-state index contributed by atoms with van der Waals surface area (Å²) in [6.45, 7) is 3.62. The van der Waals surface area contributed by atoms with Gasteiger partial charge in [0.25, 0.3) is 0 Å². The highest BCUT2D eigenvalue weighted by molar-refractivity contribution is 5.86. The van der Waals surface area contributed by atoms with Crippen molar-refractivity contribution in [3.63, 3.8) is 0 Å². The van der Waals surface area contributed by atoms with Gasteiger partial charge in [0.15, 0.2) is 0 Å². The van der Waals surface area contributed by atoms with E-state index in [0.717, 1.165) is 0 Å². The third kappa shape index (κ3) is 3.46. The second-order valence-corrected chi connectivity index (χ2v) is 4.19. The molecule has 1 fully saturated rings. The van der Waals surface area contributed by atoms with E-state index < -0.39 is 12.0 Å². The highest BCUT2D eigenvalue weighted by atomic mass is 16.4. The standard InChI is InChI=1S/C10H18N2O4/c1-7(6-13)5-12-3-2-11-10(16)8(12)4-9(14)15/h7-8,13H,2-6H2,1H3,(H,11,16)(H,14,15). The van der Waals surface area contributed by atoms with Crippen molar-refractivity contribution in [1.82, 2.24) is 10.2 Å². The minimum Gasteiger partial charge on any atom is -0.481 e. The van der Waals surface area contributed by atoms with E-state index in [9.17, 15) is 9.59 Å². The van der Waals surface area contributed by atoms with Gasteiger partial charge in [-0.1, -0.05) is 6.92 Å². The summed E-state index contributed by atoms with van der Waals surface area (Å²) in [7, 11) is 0. The van der Waals surface area contributed by atoms with Crippen molar-refractivity contribution in [3.8, 4) is 0 Å². The van der Waals surface area contributed by atoms with Crippen LogP contribution in [0.25, 0.3) is 0 Å². The Morgan fingerprint density at radius 2 is 2.38 bits per heavy atom. The van der Waals surface area contributed by atoms with Gasteiger partial charge in [-0.05, 0) is 5.92 Å². The number of carboxylic acids is 1. The molecule has 16 heavy (non-hydrogen) atoms.